The average Bonchev–Trinajstić information content (AvgIpc) is 3.04. The highest BCUT2D eigenvalue weighted by Crippen LogP contribution is 2.39. The van der Waals surface area contributed by atoms with Gasteiger partial charge in [-0.25, -0.2) is 0 Å². The first-order valence-electron chi connectivity index (χ1n) is 14.3. The summed E-state index contributed by atoms with van der Waals surface area (Å²) in [5.41, 5.74) is 38.9. The number of benzene rings is 2. The van der Waals surface area contributed by atoms with Gasteiger partial charge in [-0.3, -0.25) is 0 Å². The largest absolute Gasteiger partial charge is 0.370 e. The van der Waals surface area contributed by atoms with Gasteiger partial charge in [-0.15, -0.1) is 0 Å². The maximum Gasteiger partial charge on any atom is 0.169 e. The summed E-state index contributed by atoms with van der Waals surface area (Å²) in [4.78, 5) is 12.0. The first kappa shape index (κ1) is 32.4. The van der Waals surface area contributed by atoms with E-state index in [1.807, 2.05) is 74.5 Å². The van der Waals surface area contributed by atoms with Crippen LogP contribution < -0.4 is 0 Å². The van der Waals surface area contributed by atoms with E-state index in [0.717, 1.165) is 11.1 Å². The smallest absolute Gasteiger partial charge is 0.169 e. The molecule has 2 aromatic rings. The molecule has 10 atom stereocenters. The van der Waals surface area contributed by atoms with Crippen molar-refractivity contribution in [1.82, 2.24) is 0 Å². The Balaban J connectivity index is 1.69. The summed E-state index contributed by atoms with van der Waals surface area (Å²) < 4.78 is 25.6. The highest BCUT2D eigenvalue weighted by atomic mass is 16.7. The third kappa shape index (κ3) is 8.12. The van der Waals surface area contributed by atoms with E-state index in [9.17, 15) is 11.1 Å². The summed E-state index contributed by atoms with van der Waals surface area (Å²) in [5.74, 6) is -0.356. The first-order chi connectivity index (χ1) is 21.5. The topological polar surface area (TPSA) is 232 Å². The second-order valence-electron chi connectivity index (χ2n) is 10.8. The van der Waals surface area contributed by atoms with Crippen molar-refractivity contribution in [2.75, 3.05) is 6.54 Å². The van der Waals surface area contributed by atoms with Crippen molar-refractivity contribution in [1.29, 1.82) is 0 Å². The molecule has 0 aromatic heterocycles. The van der Waals surface area contributed by atoms with Crippen molar-refractivity contribution in [3.63, 3.8) is 0 Å². The van der Waals surface area contributed by atoms with E-state index in [2.05, 4.69) is 40.1 Å². The van der Waals surface area contributed by atoms with Crippen molar-refractivity contribution < 1.29 is 18.9 Å². The Hall–Kier alpha value is -4.48. The molecule has 1 saturated heterocycles. The lowest BCUT2D eigenvalue weighted by Gasteiger charge is -2.48. The van der Waals surface area contributed by atoms with Crippen molar-refractivity contribution >= 4 is 0 Å². The van der Waals surface area contributed by atoms with Gasteiger partial charge >= 0.3 is 0 Å². The van der Waals surface area contributed by atoms with Gasteiger partial charge in [0.1, 0.15) is 18.2 Å². The van der Waals surface area contributed by atoms with Crippen LogP contribution in [0.15, 0.2) is 81.1 Å². The molecule has 4 rings (SSSR count). The molecule has 16 heteroatoms. The third-order valence-corrected chi connectivity index (χ3v) is 8.20. The minimum absolute atomic E-state index is 0.112. The molecule has 2 aromatic carbocycles. The Morgan fingerprint density at radius 1 is 0.705 bits per heavy atom. The summed E-state index contributed by atoms with van der Waals surface area (Å²) in [6.45, 7) is 4.09. The quantitative estimate of drug-likeness (QED) is 0.130. The van der Waals surface area contributed by atoms with E-state index in [1.54, 1.807) is 0 Å². The first-order valence-corrected chi connectivity index (χ1v) is 14.3. The number of azide groups is 4. The van der Waals surface area contributed by atoms with Gasteiger partial charge < -0.3 is 18.9 Å². The van der Waals surface area contributed by atoms with Gasteiger partial charge in [-0.2, -0.15) is 0 Å². The number of hydrogen-bond donors (Lipinski definition) is 0. The molecule has 2 fully saturated rings. The molecule has 0 radical (unpaired) electrons. The zero-order chi connectivity index (χ0) is 31.3. The number of nitrogens with zero attached hydrogens (tertiary/aromatic N) is 12. The lowest BCUT2D eigenvalue weighted by molar-refractivity contribution is -0.294. The Kier molecular flexibility index (Phi) is 12.1. The van der Waals surface area contributed by atoms with Gasteiger partial charge in [0.2, 0.25) is 0 Å². The van der Waals surface area contributed by atoms with Gasteiger partial charge in [-0.1, -0.05) is 95.0 Å². The summed E-state index contributed by atoms with van der Waals surface area (Å²) in [6.07, 6.45) is -4.11. The van der Waals surface area contributed by atoms with Gasteiger partial charge in [0.05, 0.1) is 38.0 Å². The van der Waals surface area contributed by atoms with Crippen LogP contribution in [0.25, 0.3) is 41.8 Å². The van der Waals surface area contributed by atoms with Crippen LogP contribution >= 0.6 is 0 Å². The summed E-state index contributed by atoms with van der Waals surface area (Å²) in [7, 11) is 0. The molecule has 0 amide bonds. The zero-order valence-corrected chi connectivity index (χ0v) is 24.4. The Labute approximate surface area is 253 Å². The monoisotopic (exact) mass is 602 g/mol. The SMILES string of the molecule is CC1[C@@H](C)[C@@H](O[C@@H]2OC(CN=[N+]=[N-])[C@H](OCc3ccccc3)[C@H](OCc3ccccc3)C2N=[N+]=[N-])C(N=[N+]=[N-])C[C@H]1N=[N+]=[N-]. The molecule has 1 aliphatic heterocycles. The van der Waals surface area contributed by atoms with Crippen LogP contribution in [-0.4, -0.2) is 55.4 Å². The van der Waals surface area contributed by atoms with Gasteiger partial charge in [0.25, 0.3) is 0 Å². The van der Waals surface area contributed by atoms with Crippen molar-refractivity contribution in [2.45, 2.75) is 82.3 Å². The molecule has 0 bridgehead atoms. The number of rotatable bonds is 13. The second kappa shape index (κ2) is 16.4. The fourth-order valence-electron chi connectivity index (χ4n) is 5.74. The van der Waals surface area contributed by atoms with Crippen LogP contribution in [0, 0.1) is 11.8 Å². The molecule has 16 nitrogen and oxygen atoms in total. The van der Waals surface area contributed by atoms with Crippen LogP contribution in [0.5, 0.6) is 0 Å². The lowest BCUT2D eigenvalue weighted by Crippen LogP contribution is -2.61. The summed E-state index contributed by atoms with van der Waals surface area (Å²) in [6, 6.07) is 16.9. The maximum absolute atomic E-state index is 9.64. The molecule has 44 heavy (non-hydrogen) atoms. The van der Waals surface area contributed by atoms with E-state index < -0.39 is 48.8 Å². The maximum atomic E-state index is 9.64. The summed E-state index contributed by atoms with van der Waals surface area (Å²) in [5, 5.41) is 15.7. The minimum Gasteiger partial charge on any atom is -0.370 e. The van der Waals surface area contributed by atoms with Crippen LogP contribution in [-0.2, 0) is 32.2 Å². The molecule has 1 aliphatic carbocycles. The van der Waals surface area contributed by atoms with Crippen molar-refractivity contribution in [3.8, 4) is 0 Å². The highest BCUT2D eigenvalue weighted by Gasteiger charge is 2.50. The number of ether oxygens (including phenoxy) is 4. The normalized spacial score (nSPS) is 31.3. The highest BCUT2D eigenvalue weighted by molar-refractivity contribution is 5.15. The molecule has 1 heterocycles. The molecule has 4 unspecified atom stereocenters. The van der Waals surface area contributed by atoms with Gasteiger partial charge in [-0.05, 0) is 51.5 Å². The molecular weight excluding hydrogens is 568 g/mol. The second-order valence-corrected chi connectivity index (χ2v) is 10.8. The molecule has 2 aliphatic rings. The molecular formula is C28H34N12O4. The van der Waals surface area contributed by atoms with E-state index in [4.69, 9.17) is 30.0 Å². The standard InChI is InChI=1S/C28H34N12O4/c1-17-18(2)25(22(35-39-31)13-21(17)34-38-30)44-28-24(36-40-32)27(42-16-20-11-7-4-8-12-20)26(23(43-28)14-33-37-29)41-15-19-9-5-3-6-10-19/h3-12,17-18,21-28H,13-16H2,1-2H3/t17?,18-,21-,22?,23?,24?,25-,26+,27-,28+/m1/s1. The fourth-order valence-corrected chi connectivity index (χ4v) is 5.74. The third-order valence-electron chi connectivity index (χ3n) is 8.20. The zero-order valence-electron chi connectivity index (χ0n) is 24.4. The van der Waals surface area contributed by atoms with Crippen LogP contribution in [0.2, 0.25) is 0 Å². The predicted octanol–water partition coefficient (Wildman–Crippen LogP) is 7.29. The molecule has 1 saturated carbocycles. The van der Waals surface area contributed by atoms with Crippen LogP contribution in [0.3, 0.4) is 0 Å². The van der Waals surface area contributed by atoms with E-state index in [-0.39, 0.29) is 38.0 Å². The van der Waals surface area contributed by atoms with E-state index in [0.29, 0.717) is 0 Å². The number of hydrogen-bond acceptors (Lipinski definition) is 8. The minimum atomic E-state index is -1.17. The Morgan fingerprint density at radius 2 is 1.27 bits per heavy atom. The molecule has 230 valence electrons. The van der Waals surface area contributed by atoms with Gasteiger partial charge in [0, 0.05) is 25.7 Å². The van der Waals surface area contributed by atoms with E-state index >= 15 is 0 Å². The van der Waals surface area contributed by atoms with E-state index in [1.165, 1.54) is 0 Å². The Morgan fingerprint density at radius 3 is 1.84 bits per heavy atom. The van der Waals surface area contributed by atoms with Crippen molar-refractivity contribution in [3.05, 3.63) is 114 Å². The summed E-state index contributed by atoms with van der Waals surface area (Å²) >= 11 is 0. The van der Waals surface area contributed by atoms with Crippen molar-refractivity contribution in [2.24, 2.45) is 32.3 Å². The molecule has 0 spiro atoms. The average molecular weight is 603 g/mol. The fraction of sp³-hybridized carbons (Fsp3) is 0.571. The predicted molar refractivity (Wildman–Crippen MR) is 159 cm³/mol. The van der Waals surface area contributed by atoms with Gasteiger partial charge in [0.15, 0.2) is 6.29 Å². The van der Waals surface area contributed by atoms with Crippen LogP contribution in [0.4, 0.5) is 0 Å². The van der Waals surface area contributed by atoms with Crippen LogP contribution in [0.1, 0.15) is 31.4 Å². The Bertz CT molecular complexity index is 1410. The lowest BCUT2D eigenvalue weighted by atomic mass is 9.74. The molecule has 0 N–H and O–H groups in total.